The maximum atomic E-state index is 13.6. The van der Waals surface area contributed by atoms with E-state index in [0.717, 1.165) is 32.5 Å². The fourth-order valence-electron chi connectivity index (χ4n) is 3.32. The maximum Gasteiger partial charge on any atom is 0.260 e. The van der Waals surface area contributed by atoms with Gasteiger partial charge in [-0.2, -0.15) is 0 Å². The van der Waals surface area contributed by atoms with Crippen molar-refractivity contribution in [3.8, 4) is 0 Å². The molecule has 5 rings (SSSR count). The molecule has 30 heavy (non-hydrogen) atoms. The van der Waals surface area contributed by atoms with Crippen molar-refractivity contribution >= 4 is 54.1 Å². The van der Waals surface area contributed by atoms with Crippen LogP contribution >= 0.6 is 22.7 Å². The molecule has 0 saturated carbocycles. The van der Waals surface area contributed by atoms with E-state index < -0.39 is 0 Å². The average Bonchev–Trinajstić information content (AvgIpc) is 3.43. The van der Waals surface area contributed by atoms with Gasteiger partial charge in [0.25, 0.3) is 5.91 Å². The predicted molar refractivity (Wildman–Crippen MR) is 123 cm³/mol. The van der Waals surface area contributed by atoms with E-state index in [9.17, 15) is 4.79 Å². The highest BCUT2D eigenvalue weighted by molar-refractivity contribution is 7.22. The molecule has 5 nitrogen and oxygen atoms in total. The average molecular weight is 431 g/mol. The molecule has 0 fully saturated rings. The molecular formula is C23H18N4OS2. The third-order valence-electron chi connectivity index (χ3n) is 4.95. The van der Waals surface area contributed by atoms with Gasteiger partial charge in [0.15, 0.2) is 5.13 Å². The summed E-state index contributed by atoms with van der Waals surface area (Å²) in [5, 5.41) is 0.679. The van der Waals surface area contributed by atoms with Crippen molar-refractivity contribution in [2.24, 2.45) is 0 Å². The minimum atomic E-state index is -0.0919. The largest absolute Gasteiger partial charge is 0.278 e. The Kier molecular flexibility index (Phi) is 4.98. The zero-order valence-corrected chi connectivity index (χ0v) is 17.9. The van der Waals surface area contributed by atoms with Crippen LogP contribution < -0.4 is 4.90 Å². The van der Waals surface area contributed by atoms with Crippen LogP contribution in [0.1, 0.15) is 28.5 Å². The number of benzene rings is 2. The number of carbonyl (C=O) groups is 1. The Balaban J connectivity index is 1.58. The molecule has 0 spiro atoms. The van der Waals surface area contributed by atoms with Crippen LogP contribution in [0.2, 0.25) is 0 Å². The summed E-state index contributed by atoms with van der Waals surface area (Å²) in [5.41, 5.74) is 6.30. The predicted octanol–water partition coefficient (Wildman–Crippen LogP) is 5.71. The van der Waals surface area contributed by atoms with Gasteiger partial charge in [0, 0.05) is 11.8 Å². The molecule has 1 amide bonds. The Morgan fingerprint density at radius 2 is 1.90 bits per heavy atom. The summed E-state index contributed by atoms with van der Waals surface area (Å²) in [6, 6.07) is 17.6. The zero-order chi connectivity index (χ0) is 20.5. The maximum absolute atomic E-state index is 13.6. The number of aryl methyl sites for hydroxylation is 1. The highest BCUT2D eigenvalue weighted by atomic mass is 32.1. The zero-order valence-electron chi connectivity index (χ0n) is 16.3. The first kappa shape index (κ1) is 18.8. The van der Waals surface area contributed by atoms with Crippen LogP contribution in [0.15, 0.2) is 66.3 Å². The fourth-order valence-corrected chi connectivity index (χ4v) is 5.06. The second-order valence-electron chi connectivity index (χ2n) is 6.90. The Morgan fingerprint density at radius 1 is 1.00 bits per heavy atom. The normalized spacial score (nSPS) is 11.2. The molecule has 3 aromatic heterocycles. The Hall–Kier alpha value is -3.16. The lowest BCUT2D eigenvalue weighted by molar-refractivity contribution is 0.0985. The molecule has 7 heteroatoms. The first-order valence-electron chi connectivity index (χ1n) is 9.66. The van der Waals surface area contributed by atoms with Crippen molar-refractivity contribution in [3.05, 3.63) is 83.1 Å². The van der Waals surface area contributed by atoms with E-state index in [0.29, 0.717) is 17.2 Å². The van der Waals surface area contributed by atoms with Gasteiger partial charge in [-0.25, -0.2) is 9.97 Å². The lowest BCUT2D eigenvalue weighted by Gasteiger charge is -2.19. The molecule has 0 saturated heterocycles. The summed E-state index contributed by atoms with van der Waals surface area (Å²) in [4.78, 5) is 28.8. The number of hydrogen-bond donors (Lipinski definition) is 0. The Morgan fingerprint density at radius 3 is 2.73 bits per heavy atom. The highest BCUT2D eigenvalue weighted by Gasteiger charge is 2.23. The van der Waals surface area contributed by atoms with Gasteiger partial charge in [-0.3, -0.25) is 14.7 Å². The number of amides is 1. The first-order valence-corrected chi connectivity index (χ1v) is 11.4. The molecule has 0 atom stereocenters. The van der Waals surface area contributed by atoms with Crippen LogP contribution in [-0.4, -0.2) is 20.9 Å². The van der Waals surface area contributed by atoms with E-state index in [1.807, 2.05) is 42.5 Å². The van der Waals surface area contributed by atoms with Crippen molar-refractivity contribution in [2.45, 2.75) is 19.9 Å². The third-order valence-corrected chi connectivity index (χ3v) is 6.78. The van der Waals surface area contributed by atoms with Crippen LogP contribution in [0.5, 0.6) is 0 Å². The molecule has 0 aliphatic heterocycles. The van der Waals surface area contributed by atoms with Gasteiger partial charge in [-0.1, -0.05) is 30.4 Å². The van der Waals surface area contributed by atoms with Crippen molar-refractivity contribution in [3.63, 3.8) is 0 Å². The van der Waals surface area contributed by atoms with Crippen LogP contribution in [0, 0.1) is 0 Å². The standard InChI is InChI=1S/C23H18N4OS2/c1-2-15-6-8-19-21(11-15)30-23(26-19)27(13-17-5-3-4-10-24-17)22(28)16-7-9-18-20(12-16)29-14-25-18/h3-12,14H,2,13H2,1H3. The van der Waals surface area contributed by atoms with E-state index in [-0.39, 0.29) is 5.91 Å². The van der Waals surface area contributed by atoms with E-state index in [2.05, 4.69) is 29.0 Å². The second kappa shape index (κ2) is 7.93. The molecule has 3 heterocycles. The van der Waals surface area contributed by atoms with Gasteiger partial charge in [0.1, 0.15) is 0 Å². The molecule has 2 aromatic carbocycles. The second-order valence-corrected chi connectivity index (χ2v) is 8.79. The van der Waals surface area contributed by atoms with Crippen molar-refractivity contribution < 1.29 is 4.79 Å². The number of pyridine rings is 1. The summed E-state index contributed by atoms with van der Waals surface area (Å²) in [6.45, 7) is 2.50. The van der Waals surface area contributed by atoms with Gasteiger partial charge < -0.3 is 0 Å². The number of rotatable bonds is 5. The lowest BCUT2D eigenvalue weighted by Crippen LogP contribution is -2.30. The fraction of sp³-hybridized carbons (Fsp3) is 0.130. The minimum absolute atomic E-state index is 0.0919. The van der Waals surface area contributed by atoms with E-state index in [4.69, 9.17) is 4.98 Å². The van der Waals surface area contributed by atoms with Gasteiger partial charge in [-0.15, -0.1) is 11.3 Å². The smallest absolute Gasteiger partial charge is 0.260 e. The monoisotopic (exact) mass is 430 g/mol. The number of fused-ring (bicyclic) bond motifs is 2. The summed E-state index contributed by atoms with van der Waals surface area (Å²) >= 11 is 3.07. The molecule has 0 aliphatic rings. The van der Waals surface area contributed by atoms with Gasteiger partial charge >= 0.3 is 0 Å². The van der Waals surface area contributed by atoms with E-state index in [1.54, 1.807) is 16.6 Å². The van der Waals surface area contributed by atoms with Gasteiger partial charge in [-0.05, 0) is 54.4 Å². The van der Waals surface area contributed by atoms with Crippen LogP contribution in [-0.2, 0) is 13.0 Å². The highest BCUT2D eigenvalue weighted by Crippen LogP contribution is 2.32. The molecule has 0 aliphatic carbocycles. The molecule has 0 N–H and O–H groups in total. The number of aromatic nitrogens is 3. The topological polar surface area (TPSA) is 59.0 Å². The minimum Gasteiger partial charge on any atom is -0.278 e. The van der Waals surface area contributed by atoms with Gasteiger partial charge in [0.2, 0.25) is 0 Å². The molecule has 5 aromatic rings. The number of carbonyl (C=O) groups excluding carboxylic acids is 1. The molecule has 0 radical (unpaired) electrons. The Labute approximate surface area is 181 Å². The number of nitrogens with zero attached hydrogens (tertiary/aromatic N) is 4. The third kappa shape index (κ3) is 3.58. The molecule has 0 unspecified atom stereocenters. The number of hydrogen-bond acceptors (Lipinski definition) is 6. The SMILES string of the molecule is CCc1ccc2nc(N(Cc3ccccn3)C(=O)c3ccc4ncsc4c3)sc2c1. The molecule has 148 valence electrons. The quantitative estimate of drug-likeness (QED) is 0.358. The summed E-state index contributed by atoms with van der Waals surface area (Å²) < 4.78 is 2.08. The van der Waals surface area contributed by atoms with E-state index in [1.165, 1.54) is 28.2 Å². The van der Waals surface area contributed by atoms with Crippen LogP contribution in [0.25, 0.3) is 20.4 Å². The van der Waals surface area contributed by atoms with Crippen molar-refractivity contribution in [1.82, 2.24) is 15.0 Å². The van der Waals surface area contributed by atoms with Gasteiger partial charge in [0.05, 0.1) is 38.2 Å². The van der Waals surface area contributed by atoms with E-state index >= 15 is 0 Å². The lowest BCUT2D eigenvalue weighted by atomic mass is 10.2. The molecule has 0 bridgehead atoms. The van der Waals surface area contributed by atoms with Crippen LogP contribution in [0.3, 0.4) is 0 Å². The molecular weight excluding hydrogens is 412 g/mol. The number of anilines is 1. The Bertz CT molecular complexity index is 1340. The van der Waals surface area contributed by atoms with Crippen molar-refractivity contribution in [2.75, 3.05) is 4.90 Å². The summed E-state index contributed by atoms with van der Waals surface area (Å²) in [5.74, 6) is -0.0919. The summed E-state index contributed by atoms with van der Waals surface area (Å²) in [7, 11) is 0. The van der Waals surface area contributed by atoms with Crippen molar-refractivity contribution in [1.29, 1.82) is 0 Å². The summed E-state index contributed by atoms with van der Waals surface area (Å²) in [6.07, 6.45) is 2.71. The van der Waals surface area contributed by atoms with Crippen LogP contribution in [0.4, 0.5) is 5.13 Å². The number of thiazole rings is 2. The first-order chi connectivity index (χ1) is 14.7.